The first-order chi connectivity index (χ1) is 15.2. The van der Waals surface area contributed by atoms with E-state index in [-0.39, 0.29) is 23.7 Å². The molecule has 2 aliphatic rings. The van der Waals surface area contributed by atoms with E-state index in [2.05, 4.69) is 10.6 Å². The van der Waals surface area contributed by atoms with Gasteiger partial charge in [-0.3, -0.25) is 9.59 Å². The van der Waals surface area contributed by atoms with Crippen LogP contribution in [0.1, 0.15) is 40.5 Å². The van der Waals surface area contributed by atoms with Crippen molar-refractivity contribution in [3.8, 4) is 0 Å². The number of carbonyl (C=O) groups is 4. The van der Waals surface area contributed by atoms with Gasteiger partial charge in [-0.1, -0.05) is 27.7 Å². The highest BCUT2D eigenvalue weighted by molar-refractivity contribution is 6.30. The first-order valence-electron chi connectivity index (χ1n) is 11.6. The zero-order valence-electron chi connectivity index (χ0n) is 19.7. The largest absolute Gasteiger partial charge is 0.444 e. The van der Waals surface area contributed by atoms with Crippen molar-refractivity contribution in [2.24, 2.45) is 11.8 Å². The van der Waals surface area contributed by atoms with Crippen molar-refractivity contribution in [1.82, 2.24) is 20.4 Å². The molecule has 10 heteroatoms. The molecule has 0 bridgehead atoms. The van der Waals surface area contributed by atoms with Crippen LogP contribution in [-0.4, -0.2) is 98.1 Å². The molecule has 2 aliphatic heterocycles. The van der Waals surface area contributed by atoms with Crippen LogP contribution in [-0.2, 0) is 28.7 Å². The fraction of sp³-hybridized carbons (Fsp3) is 0.818. The minimum Gasteiger partial charge on any atom is -0.444 e. The Bertz CT molecular complexity index is 601. The fourth-order valence-corrected chi connectivity index (χ4v) is 3.79. The molecule has 0 radical (unpaired) electrons. The van der Waals surface area contributed by atoms with Gasteiger partial charge in [0.1, 0.15) is 0 Å². The zero-order valence-corrected chi connectivity index (χ0v) is 19.7. The van der Waals surface area contributed by atoms with E-state index in [0.717, 1.165) is 0 Å². The van der Waals surface area contributed by atoms with Crippen molar-refractivity contribution >= 4 is 23.8 Å². The number of hydrogen-bond donors (Lipinski definition) is 2. The molecule has 2 atom stereocenters. The Hall–Kier alpha value is -2.20. The Morgan fingerprint density at radius 3 is 1.25 bits per heavy atom. The van der Waals surface area contributed by atoms with E-state index in [1.165, 1.54) is 0 Å². The van der Waals surface area contributed by atoms with Crippen LogP contribution >= 0.6 is 0 Å². The monoisotopic (exact) mass is 454 g/mol. The van der Waals surface area contributed by atoms with Gasteiger partial charge in [-0.2, -0.15) is 0 Å². The highest BCUT2D eigenvalue weighted by atomic mass is 16.6. The SMILES string of the molecule is CC(C)C[C@@H](OC(=O)C(=O)O[C@H](CC(C)C)C(=O)N1CCNCC1)C(=O)N1CCNCC1. The lowest BCUT2D eigenvalue weighted by molar-refractivity contribution is -0.180. The first kappa shape index (κ1) is 26.1. The summed E-state index contributed by atoms with van der Waals surface area (Å²) >= 11 is 0. The summed E-state index contributed by atoms with van der Waals surface area (Å²) in [7, 11) is 0. The average Bonchev–Trinajstić information content (AvgIpc) is 2.77. The molecular weight excluding hydrogens is 416 g/mol. The molecule has 0 aromatic carbocycles. The highest BCUT2D eigenvalue weighted by Crippen LogP contribution is 2.16. The van der Waals surface area contributed by atoms with Gasteiger partial charge >= 0.3 is 11.9 Å². The average molecular weight is 455 g/mol. The van der Waals surface area contributed by atoms with Crippen molar-refractivity contribution < 1.29 is 28.7 Å². The number of nitrogens with one attached hydrogen (secondary N) is 2. The van der Waals surface area contributed by atoms with Gasteiger partial charge in [-0.25, -0.2) is 9.59 Å². The normalized spacial score (nSPS) is 18.9. The topological polar surface area (TPSA) is 117 Å². The van der Waals surface area contributed by atoms with Gasteiger partial charge in [-0.05, 0) is 24.7 Å². The summed E-state index contributed by atoms with van der Waals surface area (Å²) in [5.41, 5.74) is 0. The van der Waals surface area contributed by atoms with Crippen LogP contribution in [0.2, 0.25) is 0 Å². The van der Waals surface area contributed by atoms with Gasteiger partial charge in [-0.15, -0.1) is 0 Å². The summed E-state index contributed by atoms with van der Waals surface area (Å²) < 4.78 is 10.6. The van der Waals surface area contributed by atoms with Crippen LogP contribution in [0.3, 0.4) is 0 Å². The summed E-state index contributed by atoms with van der Waals surface area (Å²) in [6.45, 7) is 12.4. The molecule has 0 unspecified atom stereocenters. The molecule has 2 N–H and O–H groups in total. The summed E-state index contributed by atoms with van der Waals surface area (Å²) in [5, 5.41) is 6.33. The smallest absolute Gasteiger partial charge is 0.418 e. The molecular formula is C22H38N4O6. The molecule has 32 heavy (non-hydrogen) atoms. The maximum Gasteiger partial charge on any atom is 0.418 e. The molecule has 2 fully saturated rings. The van der Waals surface area contributed by atoms with Crippen molar-refractivity contribution in [3.05, 3.63) is 0 Å². The lowest BCUT2D eigenvalue weighted by Crippen LogP contribution is -2.52. The van der Waals surface area contributed by atoms with Crippen LogP contribution in [0, 0.1) is 11.8 Å². The van der Waals surface area contributed by atoms with E-state index in [1.54, 1.807) is 9.80 Å². The fourth-order valence-electron chi connectivity index (χ4n) is 3.79. The summed E-state index contributed by atoms with van der Waals surface area (Å²) in [6, 6.07) is 0. The quantitative estimate of drug-likeness (QED) is 0.381. The number of amides is 2. The molecule has 0 aromatic rings. The Morgan fingerprint density at radius 1 is 0.656 bits per heavy atom. The number of nitrogens with zero attached hydrogens (tertiary/aromatic N) is 2. The lowest BCUT2D eigenvalue weighted by Gasteiger charge is -2.32. The van der Waals surface area contributed by atoms with Crippen LogP contribution < -0.4 is 10.6 Å². The Labute approximate surface area is 190 Å². The second kappa shape index (κ2) is 12.7. The van der Waals surface area contributed by atoms with Crippen LogP contribution in [0.25, 0.3) is 0 Å². The molecule has 0 saturated carbocycles. The van der Waals surface area contributed by atoms with Gasteiger partial charge in [0, 0.05) is 52.4 Å². The number of ether oxygens (including phenoxy) is 2. The van der Waals surface area contributed by atoms with E-state index < -0.39 is 24.1 Å². The lowest BCUT2D eigenvalue weighted by atomic mass is 10.0. The third kappa shape index (κ3) is 8.05. The maximum atomic E-state index is 12.9. The third-order valence-electron chi connectivity index (χ3n) is 5.44. The molecule has 2 amide bonds. The van der Waals surface area contributed by atoms with Crippen molar-refractivity contribution in [2.75, 3.05) is 52.4 Å². The number of esters is 2. The zero-order chi connectivity index (χ0) is 23.7. The summed E-state index contributed by atoms with van der Waals surface area (Å²) in [5.74, 6) is -2.92. The van der Waals surface area contributed by atoms with Gasteiger partial charge < -0.3 is 29.9 Å². The standard InChI is InChI=1S/C22H38N4O6/c1-15(2)13-17(19(27)25-9-5-23-6-10-25)31-21(29)22(30)32-18(14-16(3)4)20(28)26-11-7-24-8-12-26/h15-18,23-24H,5-14H2,1-4H3/t17-,18-/m1/s1. The second-order valence-corrected chi connectivity index (χ2v) is 9.20. The van der Waals surface area contributed by atoms with E-state index in [1.807, 2.05) is 27.7 Å². The van der Waals surface area contributed by atoms with E-state index in [4.69, 9.17) is 9.47 Å². The van der Waals surface area contributed by atoms with Crippen LogP contribution in [0.5, 0.6) is 0 Å². The molecule has 182 valence electrons. The minimum absolute atomic E-state index is 0.0821. The molecule has 2 heterocycles. The number of carbonyl (C=O) groups excluding carboxylic acids is 4. The summed E-state index contributed by atoms with van der Waals surface area (Å²) in [6.07, 6.45) is -1.51. The predicted octanol–water partition coefficient (Wildman–Crippen LogP) is -0.234. The molecule has 10 nitrogen and oxygen atoms in total. The predicted molar refractivity (Wildman–Crippen MR) is 118 cm³/mol. The molecule has 0 spiro atoms. The molecule has 2 rings (SSSR count). The van der Waals surface area contributed by atoms with Crippen LogP contribution in [0.15, 0.2) is 0 Å². The number of piperazine rings is 2. The minimum atomic E-state index is -1.24. The first-order valence-corrected chi connectivity index (χ1v) is 11.6. The van der Waals surface area contributed by atoms with E-state index >= 15 is 0 Å². The number of hydrogen-bond acceptors (Lipinski definition) is 8. The Morgan fingerprint density at radius 2 is 0.969 bits per heavy atom. The molecule has 0 aromatic heterocycles. The third-order valence-corrected chi connectivity index (χ3v) is 5.44. The summed E-state index contributed by atoms with van der Waals surface area (Å²) in [4.78, 5) is 54.1. The van der Waals surface area contributed by atoms with E-state index in [0.29, 0.717) is 65.2 Å². The number of rotatable bonds is 8. The van der Waals surface area contributed by atoms with Gasteiger partial charge in [0.25, 0.3) is 11.8 Å². The molecule has 0 aliphatic carbocycles. The van der Waals surface area contributed by atoms with Crippen molar-refractivity contribution in [1.29, 1.82) is 0 Å². The van der Waals surface area contributed by atoms with Crippen LogP contribution in [0.4, 0.5) is 0 Å². The van der Waals surface area contributed by atoms with Gasteiger partial charge in [0.2, 0.25) is 0 Å². The van der Waals surface area contributed by atoms with Gasteiger partial charge in [0.05, 0.1) is 0 Å². The van der Waals surface area contributed by atoms with Crippen molar-refractivity contribution in [3.63, 3.8) is 0 Å². The van der Waals surface area contributed by atoms with E-state index in [9.17, 15) is 19.2 Å². The Balaban J connectivity index is 2.02. The maximum absolute atomic E-state index is 12.9. The molecule has 2 saturated heterocycles. The highest BCUT2D eigenvalue weighted by Gasteiger charge is 2.35. The van der Waals surface area contributed by atoms with Gasteiger partial charge in [0.15, 0.2) is 12.2 Å². The Kier molecular flexibility index (Phi) is 10.4. The second-order valence-electron chi connectivity index (χ2n) is 9.20. The van der Waals surface area contributed by atoms with Crippen molar-refractivity contribution in [2.45, 2.75) is 52.7 Å².